The molecule has 0 amide bonds. The van der Waals surface area contributed by atoms with Crippen LogP contribution in [0.3, 0.4) is 0 Å². The van der Waals surface area contributed by atoms with E-state index in [-0.39, 0.29) is 36.0 Å². The first-order valence-electron chi connectivity index (χ1n) is 6.38. The van der Waals surface area contributed by atoms with Gasteiger partial charge in [0.2, 0.25) is 20.0 Å². The molecule has 0 atom stereocenters. The van der Waals surface area contributed by atoms with Gasteiger partial charge in [-0.2, -0.15) is 4.31 Å². The molecule has 1 aromatic carbocycles. The summed E-state index contributed by atoms with van der Waals surface area (Å²) in [5, 5.41) is 8.65. The maximum absolute atomic E-state index is 12.3. The predicted octanol–water partition coefficient (Wildman–Crippen LogP) is 0.153. The van der Waals surface area contributed by atoms with Gasteiger partial charge in [0, 0.05) is 18.8 Å². The summed E-state index contributed by atoms with van der Waals surface area (Å²) >= 11 is 0. The quantitative estimate of drug-likeness (QED) is 0.755. The lowest BCUT2D eigenvalue weighted by molar-refractivity contribution is -0.139. The number of anilines is 1. The molecule has 122 valence electrons. The van der Waals surface area contributed by atoms with Crippen molar-refractivity contribution in [2.75, 3.05) is 24.1 Å². The van der Waals surface area contributed by atoms with E-state index in [9.17, 15) is 21.6 Å². The molecule has 2 rings (SSSR count). The third-order valence-corrected chi connectivity index (χ3v) is 5.63. The van der Waals surface area contributed by atoms with Crippen LogP contribution < -0.4 is 4.72 Å². The lowest BCUT2D eigenvalue weighted by Gasteiger charge is -2.37. The van der Waals surface area contributed by atoms with E-state index >= 15 is 0 Å². The van der Waals surface area contributed by atoms with Crippen LogP contribution in [0, 0.1) is 5.92 Å². The second kappa shape index (κ2) is 5.86. The monoisotopic (exact) mass is 348 g/mol. The highest BCUT2D eigenvalue weighted by Crippen LogP contribution is 2.27. The van der Waals surface area contributed by atoms with Crippen molar-refractivity contribution in [3.8, 4) is 0 Å². The highest BCUT2D eigenvalue weighted by atomic mass is 32.2. The second-order valence-electron chi connectivity index (χ2n) is 5.18. The van der Waals surface area contributed by atoms with Gasteiger partial charge in [-0.25, -0.2) is 16.8 Å². The molecule has 0 spiro atoms. The molecule has 0 saturated carbocycles. The number of benzene rings is 1. The van der Waals surface area contributed by atoms with Crippen LogP contribution in [-0.4, -0.2) is 51.6 Å². The molecule has 1 aliphatic rings. The first-order chi connectivity index (χ1) is 10.1. The van der Waals surface area contributed by atoms with Gasteiger partial charge < -0.3 is 5.11 Å². The van der Waals surface area contributed by atoms with Crippen LogP contribution >= 0.6 is 0 Å². The minimum atomic E-state index is -3.67. The van der Waals surface area contributed by atoms with Gasteiger partial charge in [-0.15, -0.1) is 0 Å². The van der Waals surface area contributed by atoms with Gasteiger partial charge in [-0.05, 0) is 30.2 Å². The largest absolute Gasteiger partial charge is 0.481 e. The minimum Gasteiger partial charge on any atom is -0.481 e. The summed E-state index contributed by atoms with van der Waals surface area (Å²) in [6.45, 7) is 0.357. The molecular weight excluding hydrogens is 332 g/mol. The normalized spacial score (nSPS) is 17.0. The Morgan fingerprint density at radius 2 is 1.77 bits per heavy atom. The molecule has 1 aliphatic heterocycles. The van der Waals surface area contributed by atoms with E-state index in [1.807, 2.05) is 0 Å². The molecule has 1 fully saturated rings. The van der Waals surface area contributed by atoms with Gasteiger partial charge >= 0.3 is 5.97 Å². The Labute approximate surface area is 128 Å². The highest BCUT2D eigenvalue weighted by molar-refractivity contribution is 7.92. The molecule has 10 heteroatoms. The topological polar surface area (TPSA) is 121 Å². The smallest absolute Gasteiger partial charge is 0.303 e. The number of rotatable bonds is 6. The van der Waals surface area contributed by atoms with Gasteiger partial charge in [-0.1, -0.05) is 0 Å². The highest BCUT2D eigenvalue weighted by Gasteiger charge is 2.37. The number of carboxylic acids is 1. The number of sulfonamides is 2. The number of nitrogens with one attached hydrogen (secondary N) is 1. The van der Waals surface area contributed by atoms with Crippen LogP contribution in [0.15, 0.2) is 29.2 Å². The van der Waals surface area contributed by atoms with E-state index < -0.39 is 26.0 Å². The van der Waals surface area contributed by atoms with E-state index in [1.165, 1.54) is 28.6 Å². The van der Waals surface area contributed by atoms with E-state index in [2.05, 4.69) is 4.72 Å². The fraction of sp³-hybridized carbons (Fsp3) is 0.417. The van der Waals surface area contributed by atoms with Gasteiger partial charge in [0.1, 0.15) is 0 Å². The summed E-state index contributed by atoms with van der Waals surface area (Å²) in [7, 11) is -7.09. The zero-order valence-electron chi connectivity index (χ0n) is 11.8. The summed E-state index contributed by atoms with van der Waals surface area (Å²) in [5.74, 6) is -1.11. The van der Waals surface area contributed by atoms with E-state index in [4.69, 9.17) is 5.11 Å². The second-order valence-corrected chi connectivity index (χ2v) is 8.87. The zero-order valence-corrected chi connectivity index (χ0v) is 13.4. The van der Waals surface area contributed by atoms with Crippen molar-refractivity contribution in [3.63, 3.8) is 0 Å². The number of hydrogen-bond acceptors (Lipinski definition) is 5. The van der Waals surface area contributed by atoms with Crippen molar-refractivity contribution >= 4 is 31.7 Å². The molecular formula is C12H16N2O6S2. The fourth-order valence-electron chi connectivity index (χ4n) is 2.15. The lowest BCUT2D eigenvalue weighted by Crippen LogP contribution is -2.50. The number of nitrogens with zero attached hydrogens (tertiary/aromatic N) is 1. The van der Waals surface area contributed by atoms with E-state index in [0.717, 1.165) is 6.26 Å². The van der Waals surface area contributed by atoms with Crippen LogP contribution in [0.5, 0.6) is 0 Å². The van der Waals surface area contributed by atoms with E-state index in [0.29, 0.717) is 0 Å². The van der Waals surface area contributed by atoms with Crippen molar-refractivity contribution in [2.45, 2.75) is 11.3 Å². The Hall–Kier alpha value is -1.65. The average Bonchev–Trinajstić information content (AvgIpc) is 2.31. The Balaban J connectivity index is 2.06. The van der Waals surface area contributed by atoms with Crippen LogP contribution in [0.1, 0.15) is 6.42 Å². The molecule has 0 aliphatic carbocycles. The summed E-state index contributed by atoms with van der Waals surface area (Å²) in [6.07, 6.45) is 0.948. The summed E-state index contributed by atoms with van der Waals surface area (Å²) < 4.78 is 50.2. The maximum atomic E-state index is 12.3. The van der Waals surface area contributed by atoms with Crippen molar-refractivity contribution in [1.29, 1.82) is 0 Å². The minimum absolute atomic E-state index is 0.0420. The first-order valence-corrected chi connectivity index (χ1v) is 9.71. The molecule has 1 saturated heterocycles. The summed E-state index contributed by atoms with van der Waals surface area (Å²) in [6, 6.07) is 5.35. The van der Waals surface area contributed by atoms with Crippen LogP contribution in [-0.2, 0) is 24.8 Å². The molecule has 0 unspecified atom stereocenters. The molecule has 0 bridgehead atoms. The average molecular weight is 348 g/mol. The van der Waals surface area contributed by atoms with Crippen molar-refractivity contribution < 1.29 is 26.7 Å². The Kier molecular flexibility index (Phi) is 4.45. The van der Waals surface area contributed by atoms with Crippen molar-refractivity contribution in [3.05, 3.63) is 24.3 Å². The Morgan fingerprint density at radius 1 is 1.23 bits per heavy atom. The third-order valence-electron chi connectivity index (χ3n) is 3.18. The molecule has 0 aromatic heterocycles. The first kappa shape index (κ1) is 16.7. The molecule has 2 N–H and O–H groups in total. The molecule has 1 aromatic rings. The number of hydrogen-bond donors (Lipinski definition) is 2. The standard InChI is InChI=1S/C12H16N2O6S2/c1-21(17,18)13-10-2-4-11(5-3-10)22(19,20)14-7-9(8-14)6-12(15)16/h2-5,9,13H,6-8H2,1H3,(H,15,16). The zero-order chi connectivity index (χ0) is 16.5. The van der Waals surface area contributed by atoms with Crippen LogP contribution in [0.2, 0.25) is 0 Å². The van der Waals surface area contributed by atoms with Crippen molar-refractivity contribution in [2.24, 2.45) is 5.92 Å². The molecule has 22 heavy (non-hydrogen) atoms. The van der Waals surface area contributed by atoms with Gasteiger partial charge in [-0.3, -0.25) is 9.52 Å². The SMILES string of the molecule is CS(=O)(=O)Nc1ccc(S(=O)(=O)N2CC(CC(=O)O)C2)cc1. The lowest BCUT2D eigenvalue weighted by atomic mass is 10.00. The molecule has 8 nitrogen and oxygen atoms in total. The van der Waals surface area contributed by atoms with Crippen LogP contribution in [0.25, 0.3) is 0 Å². The Morgan fingerprint density at radius 3 is 2.23 bits per heavy atom. The maximum Gasteiger partial charge on any atom is 0.303 e. The number of carbonyl (C=O) groups is 1. The van der Waals surface area contributed by atoms with Crippen LogP contribution in [0.4, 0.5) is 5.69 Å². The predicted molar refractivity (Wildman–Crippen MR) is 79.4 cm³/mol. The van der Waals surface area contributed by atoms with E-state index in [1.54, 1.807) is 0 Å². The Bertz CT molecular complexity index is 764. The molecule has 1 heterocycles. The van der Waals surface area contributed by atoms with Gasteiger partial charge in [0.15, 0.2) is 0 Å². The van der Waals surface area contributed by atoms with Gasteiger partial charge in [0.05, 0.1) is 17.6 Å². The summed E-state index contributed by atoms with van der Waals surface area (Å²) in [5.41, 5.74) is 0.272. The third kappa shape index (κ3) is 3.96. The number of aliphatic carboxylic acids is 1. The summed E-state index contributed by atoms with van der Waals surface area (Å²) in [4.78, 5) is 10.6. The van der Waals surface area contributed by atoms with Crippen molar-refractivity contribution in [1.82, 2.24) is 4.31 Å². The fourth-order valence-corrected chi connectivity index (χ4v) is 4.31. The van der Waals surface area contributed by atoms with Gasteiger partial charge in [0.25, 0.3) is 0 Å². The number of carboxylic acid groups (broad SMARTS) is 1. The molecule has 0 radical (unpaired) electrons.